The maximum atomic E-state index is 12.4. The highest BCUT2D eigenvalue weighted by molar-refractivity contribution is 5.86. The number of amides is 2. The first-order chi connectivity index (χ1) is 9.32. The normalized spacial score (nSPS) is 23.3. The van der Waals surface area contributed by atoms with E-state index in [-0.39, 0.29) is 11.8 Å². The predicted octanol–water partition coefficient (Wildman–Crippen LogP) is -0.654. The zero-order valence-corrected chi connectivity index (χ0v) is 12.8. The van der Waals surface area contributed by atoms with Crippen molar-refractivity contribution in [1.29, 1.82) is 0 Å². The minimum atomic E-state index is -0.707. The van der Waals surface area contributed by atoms with E-state index in [1.54, 1.807) is 19.0 Å². The van der Waals surface area contributed by atoms with Crippen molar-refractivity contribution in [2.75, 3.05) is 46.8 Å². The molecular weight excluding hydrogens is 256 g/mol. The topological polar surface area (TPSA) is 69.9 Å². The smallest absolute Gasteiger partial charge is 0.242 e. The molecule has 1 atom stereocenters. The molecule has 6 nitrogen and oxygen atoms in total. The lowest BCUT2D eigenvalue weighted by Gasteiger charge is -2.38. The van der Waals surface area contributed by atoms with Crippen LogP contribution in [0.2, 0.25) is 0 Å². The Morgan fingerprint density at radius 2 is 1.75 bits per heavy atom. The molecule has 0 aromatic rings. The van der Waals surface area contributed by atoms with Crippen LogP contribution >= 0.6 is 0 Å². The van der Waals surface area contributed by atoms with Gasteiger partial charge in [-0.25, -0.2) is 0 Å². The Labute approximate surface area is 120 Å². The van der Waals surface area contributed by atoms with Crippen LogP contribution in [0.4, 0.5) is 0 Å². The fraction of sp³-hybridized carbons (Fsp3) is 0.857. The molecule has 0 radical (unpaired) electrons. The van der Waals surface area contributed by atoms with Gasteiger partial charge in [0.2, 0.25) is 11.8 Å². The van der Waals surface area contributed by atoms with Gasteiger partial charge in [-0.05, 0) is 25.7 Å². The summed E-state index contributed by atoms with van der Waals surface area (Å²) in [6.45, 7) is 5.10. The number of carbonyl (C=O) groups is 2. The number of likely N-dealkylation sites (N-methyl/N-ethyl adjacent to an activating group) is 1. The lowest BCUT2D eigenvalue weighted by atomic mass is 9.95. The van der Waals surface area contributed by atoms with Crippen molar-refractivity contribution in [3.05, 3.63) is 0 Å². The van der Waals surface area contributed by atoms with Gasteiger partial charge in [-0.3, -0.25) is 14.5 Å². The first-order valence-corrected chi connectivity index (χ1v) is 7.33. The molecule has 2 fully saturated rings. The van der Waals surface area contributed by atoms with Gasteiger partial charge in [-0.2, -0.15) is 0 Å². The zero-order chi connectivity index (χ0) is 14.9. The number of carbonyl (C=O) groups excluding carboxylic acids is 2. The van der Waals surface area contributed by atoms with Crippen LogP contribution < -0.4 is 5.73 Å². The Bertz CT molecular complexity index is 383. The number of nitrogens with zero attached hydrogens (tertiary/aromatic N) is 3. The van der Waals surface area contributed by atoms with Gasteiger partial charge >= 0.3 is 0 Å². The van der Waals surface area contributed by atoms with E-state index in [2.05, 4.69) is 4.90 Å². The van der Waals surface area contributed by atoms with Gasteiger partial charge in [-0.1, -0.05) is 0 Å². The molecule has 0 bridgehead atoms. The summed E-state index contributed by atoms with van der Waals surface area (Å²) in [4.78, 5) is 29.7. The van der Waals surface area contributed by atoms with Crippen LogP contribution in [0.5, 0.6) is 0 Å². The number of piperazine rings is 1. The third-order valence-corrected chi connectivity index (χ3v) is 4.40. The summed E-state index contributed by atoms with van der Waals surface area (Å²) < 4.78 is 0. The maximum absolute atomic E-state index is 12.4. The lowest BCUT2D eigenvalue weighted by molar-refractivity contribution is -0.139. The van der Waals surface area contributed by atoms with E-state index in [0.29, 0.717) is 25.6 Å². The quantitative estimate of drug-likeness (QED) is 0.743. The highest BCUT2D eigenvalue weighted by Crippen LogP contribution is 2.39. The monoisotopic (exact) mass is 282 g/mol. The molecule has 20 heavy (non-hydrogen) atoms. The largest absolute Gasteiger partial charge is 0.348 e. The van der Waals surface area contributed by atoms with Crippen LogP contribution in [0.1, 0.15) is 19.8 Å². The summed E-state index contributed by atoms with van der Waals surface area (Å²) >= 11 is 0. The van der Waals surface area contributed by atoms with Crippen LogP contribution in [0.25, 0.3) is 0 Å². The summed E-state index contributed by atoms with van der Waals surface area (Å²) in [5, 5.41) is 0. The summed E-state index contributed by atoms with van der Waals surface area (Å²) in [6.07, 6.45) is 2.13. The summed E-state index contributed by atoms with van der Waals surface area (Å²) in [5.41, 5.74) is 5.48. The van der Waals surface area contributed by atoms with Crippen molar-refractivity contribution >= 4 is 11.8 Å². The molecule has 2 N–H and O–H groups in total. The number of nitrogens with two attached hydrogens (primary N) is 1. The van der Waals surface area contributed by atoms with E-state index in [4.69, 9.17) is 5.73 Å². The number of hydrogen-bond acceptors (Lipinski definition) is 4. The standard InChI is InChI=1S/C14H26N4O2/c1-14(15,11-4-5-11)13(20)18-8-6-17(7-9-18)10-12(19)16(2)3/h11H,4-10,15H2,1-3H3. The van der Waals surface area contributed by atoms with Crippen molar-refractivity contribution in [1.82, 2.24) is 14.7 Å². The van der Waals surface area contributed by atoms with E-state index >= 15 is 0 Å². The van der Waals surface area contributed by atoms with Crippen molar-refractivity contribution < 1.29 is 9.59 Å². The van der Waals surface area contributed by atoms with E-state index in [9.17, 15) is 9.59 Å². The average Bonchev–Trinajstić information content (AvgIpc) is 3.23. The van der Waals surface area contributed by atoms with Crippen LogP contribution in [-0.2, 0) is 9.59 Å². The molecule has 1 unspecified atom stereocenters. The van der Waals surface area contributed by atoms with Gasteiger partial charge in [0, 0.05) is 40.3 Å². The third-order valence-electron chi connectivity index (χ3n) is 4.40. The summed E-state index contributed by atoms with van der Waals surface area (Å²) in [5.74, 6) is 0.522. The average molecular weight is 282 g/mol. The second kappa shape index (κ2) is 5.69. The highest BCUT2D eigenvalue weighted by atomic mass is 16.2. The fourth-order valence-electron chi connectivity index (χ4n) is 2.64. The van der Waals surface area contributed by atoms with Crippen molar-refractivity contribution in [2.45, 2.75) is 25.3 Å². The molecule has 1 aliphatic carbocycles. The van der Waals surface area contributed by atoms with Crippen molar-refractivity contribution in [2.24, 2.45) is 11.7 Å². The summed E-state index contributed by atoms with van der Waals surface area (Å²) in [7, 11) is 3.52. The van der Waals surface area contributed by atoms with E-state index in [1.807, 2.05) is 11.8 Å². The Morgan fingerprint density at radius 1 is 1.20 bits per heavy atom. The molecule has 1 saturated carbocycles. The SMILES string of the molecule is CN(C)C(=O)CN1CCN(C(=O)C(C)(N)C2CC2)CC1. The molecule has 0 spiro atoms. The van der Waals surface area contributed by atoms with Gasteiger partial charge in [0.15, 0.2) is 0 Å². The molecule has 2 amide bonds. The fourth-order valence-corrected chi connectivity index (χ4v) is 2.64. The third kappa shape index (κ3) is 3.30. The van der Waals surface area contributed by atoms with Crippen molar-refractivity contribution in [3.8, 4) is 0 Å². The van der Waals surface area contributed by atoms with Crippen LogP contribution in [0, 0.1) is 5.92 Å². The van der Waals surface area contributed by atoms with Gasteiger partial charge in [0.25, 0.3) is 0 Å². The molecule has 2 aliphatic rings. The summed E-state index contributed by atoms with van der Waals surface area (Å²) in [6, 6.07) is 0. The zero-order valence-electron chi connectivity index (χ0n) is 12.8. The second-order valence-corrected chi connectivity index (χ2v) is 6.41. The Balaban J connectivity index is 1.82. The molecule has 2 rings (SSSR count). The lowest BCUT2D eigenvalue weighted by Crippen LogP contribution is -2.59. The van der Waals surface area contributed by atoms with Crippen LogP contribution in [0.15, 0.2) is 0 Å². The van der Waals surface area contributed by atoms with E-state index < -0.39 is 5.54 Å². The minimum absolute atomic E-state index is 0.0681. The molecule has 0 aromatic heterocycles. The Kier molecular flexibility index (Phi) is 4.34. The molecule has 1 aliphatic heterocycles. The molecule has 1 heterocycles. The van der Waals surface area contributed by atoms with Crippen molar-refractivity contribution in [3.63, 3.8) is 0 Å². The van der Waals surface area contributed by atoms with Gasteiger partial charge in [-0.15, -0.1) is 0 Å². The van der Waals surface area contributed by atoms with E-state index in [0.717, 1.165) is 25.9 Å². The maximum Gasteiger partial charge on any atom is 0.242 e. The van der Waals surface area contributed by atoms with Gasteiger partial charge in [0.1, 0.15) is 0 Å². The number of rotatable bonds is 4. The van der Waals surface area contributed by atoms with Crippen LogP contribution in [0.3, 0.4) is 0 Å². The minimum Gasteiger partial charge on any atom is -0.348 e. The molecule has 6 heteroatoms. The first-order valence-electron chi connectivity index (χ1n) is 7.33. The first kappa shape index (κ1) is 15.3. The van der Waals surface area contributed by atoms with Gasteiger partial charge in [0.05, 0.1) is 12.1 Å². The molecule has 0 aromatic carbocycles. The van der Waals surface area contributed by atoms with E-state index in [1.165, 1.54) is 0 Å². The Hall–Kier alpha value is -1.14. The molecular formula is C14H26N4O2. The highest BCUT2D eigenvalue weighted by Gasteiger charge is 2.46. The number of hydrogen-bond donors (Lipinski definition) is 1. The molecule has 1 saturated heterocycles. The predicted molar refractivity (Wildman–Crippen MR) is 77.0 cm³/mol. The van der Waals surface area contributed by atoms with Gasteiger partial charge < -0.3 is 15.5 Å². The Morgan fingerprint density at radius 3 is 2.20 bits per heavy atom. The second-order valence-electron chi connectivity index (χ2n) is 6.41. The molecule has 114 valence electrons. The van der Waals surface area contributed by atoms with Crippen LogP contribution in [-0.4, -0.2) is 78.9 Å².